The van der Waals surface area contributed by atoms with Crippen LogP contribution in [0.15, 0.2) is 41.3 Å². The van der Waals surface area contributed by atoms with Crippen LogP contribution in [0.2, 0.25) is 0 Å². The predicted octanol–water partition coefficient (Wildman–Crippen LogP) is 3.23. The molecule has 2 N–H and O–H groups in total. The number of H-pyrrole nitrogens is 1. The summed E-state index contributed by atoms with van der Waals surface area (Å²) in [4.78, 5) is 25.6. The molecule has 1 heterocycles. The number of aromatic amines is 1. The van der Waals surface area contributed by atoms with Gasteiger partial charge in [-0.05, 0) is 41.8 Å². The van der Waals surface area contributed by atoms with Gasteiger partial charge in [0.15, 0.2) is 0 Å². The highest BCUT2D eigenvalue weighted by Gasteiger charge is 2.15. The lowest BCUT2D eigenvalue weighted by Crippen LogP contribution is -2.16. The molecule has 7 heteroatoms. The number of benzene rings is 2. The van der Waals surface area contributed by atoms with E-state index in [0.29, 0.717) is 6.07 Å². The van der Waals surface area contributed by atoms with Gasteiger partial charge in [0.25, 0.3) is 0 Å². The van der Waals surface area contributed by atoms with Crippen LogP contribution in [0.4, 0.5) is 13.2 Å². The van der Waals surface area contributed by atoms with E-state index in [1.165, 1.54) is 6.07 Å². The molecule has 1 aromatic heterocycles. The SMILES string of the molecule is O=C(O)c1c[nH]c2c(F)cc(Cc3cc(F)cc(F)c3)cc2c1=O. The highest BCUT2D eigenvalue weighted by Crippen LogP contribution is 2.19. The van der Waals surface area contributed by atoms with Crippen LogP contribution in [0.5, 0.6) is 0 Å². The summed E-state index contributed by atoms with van der Waals surface area (Å²) in [6, 6.07) is 5.36. The van der Waals surface area contributed by atoms with Gasteiger partial charge in [-0.15, -0.1) is 0 Å². The monoisotopic (exact) mass is 333 g/mol. The number of halogens is 3. The second kappa shape index (κ2) is 5.84. The highest BCUT2D eigenvalue weighted by atomic mass is 19.1. The van der Waals surface area contributed by atoms with Crippen LogP contribution in [-0.2, 0) is 6.42 Å². The van der Waals surface area contributed by atoms with E-state index in [4.69, 9.17) is 5.11 Å². The summed E-state index contributed by atoms with van der Waals surface area (Å²) in [6.45, 7) is 0. The normalized spacial score (nSPS) is 11.0. The summed E-state index contributed by atoms with van der Waals surface area (Å²) >= 11 is 0. The Kier molecular flexibility index (Phi) is 3.84. The molecule has 0 amide bonds. The van der Waals surface area contributed by atoms with E-state index in [2.05, 4.69) is 4.98 Å². The first kappa shape index (κ1) is 15.8. The van der Waals surface area contributed by atoms with Crippen LogP contribution in [0.1, 0.15) is 21.5 Å². The van der Waals surface area contributed by atoms with Crippen molar-refractivity contribution < 1.29 is 23.1 Å². The van der Waals surface area contributed by atoms with Crippen molar-refractivity contribution in [1.29, 1.82) is 0 Å². The second-order valence-electron chi connectivity index (χ2n) is 5.29. The van der Waals surface area contributed by atoms with Crippen LogP contribution >= 0.6 is 0 Å². The van der Waals surface area contributed by atoms with Gasteiger partial charge in [-0.25, -0.2) is 18.0 Å². The van der Waals surface area contributed by atoms with Gasteiger partial charge in [-0.3, -0.25) is 4.79 Å². The van der Waals surface area contributed by atoms with Gasteiger partial charge in [0, 0.05) is 17.6 Å². The predicted molar refractivity (Wildman–Crippen MR) is 80.7 cm³/mol. The molecule has 3 aromatic rings. The quantitative estimate of drug-likeness (QED) is 0.773. The van der Waals surface area contributed by atoms with Crippen molar-refractivity contribution in [3.05, 3.63) is 80.9 Å². The van der Waals surface area contributed by atoms with Crippen molar-refractivity contribution in [2.75, 3.05) is 0 Å². The number of hydrogen-bond donors (Lipinski definition) is 2. The summed E-state index contributed by atoms with van der Waals surface area (Å²) in [7, 11) is 0. The molecule has 0 spiro atoms. The zero-order chi connectivity index (χ0) is 17.4. The first-order valence-corrected chi connectivity index (χ1v) is 6.87. The highest BCUT2D eigenvalue weighted by molar-refractivity contribution is 5.92. The van der Waals surface area contributed by atoms with Crippen LogP contribution in [-0.4, -0.2) is 16.1 Å². The average Bonchev–Trinajstić information content (AvgIpc) is 2.47. The van der Waals surface area contributed by atoms with Crippen molar-refractivity contribution in [3.63, 3.8) is 0 Å². The van der Waals surface area contributed by atoms with E-state index < -0.39 is 34.4 Å². The topological polar surface area (TPSA) is 70.2 Å². The van der Waals surface area contributed by atoms with Crippen LogP contribution in [0, 0.1) is 17.5 Å². The minimum atomic E-state index is -1.43. The number of carbonyl (C=O) groups is 1. The van der Waals surface area contributed by atoms with Gasteiger partial charge in [-0.2, -0.15) is 0 Å². The largest absolute Gasteiger partial charge is 0.477 e. The maximum absolute atomic E-state index is 14.2. The number of carboxylic acid groups (broad SMARTS) is 1. The Bertz CT molecular complexity index is 1010. The third kappa shape index (κ3) is 2.88. The van der Waals surface area contributed by atoms with Crippen molar-refractivity contribution >= 4 is 16.9 Å². The average molecular weight is 333 g/mol. The fraction of sp³-hybridized carbons (Fsp3) is 0.0588. The molecule has 4 nitrogen and oxygen atoms in total. The van der Waals surface area contributed by atoms with E-state index in [1.807, 2.05) is 0 Å². The van der Waals surface area contributed by atoms with Gasteiger partial charge in [0.05, 0.1) is 5.52 Å². The first-order valence-electron chi connectivity index (χ1n) is 6.87. The number of hydrogen-bond acceptors (Lipinski definition) is 2. The zero-order valence-corrected chi connectivity index (χ0v) is 12.1. The molecule has 0 aliphatic heterocycles. The Morgan fingerprint density at radius 3 is 2.25 bits per heavy atom. The summed E-state index contributed by atoms with van der Waals surface area (Å²) < 4.78 is 40.6. The summed E-state index contributed by atoms with van der Waals surface area (Å²) in [5.74, 6) is -3.72. The Labute approximate surface area is 133 Å². The number of aromatic nitrogens is 1. The maximum atomic E-state index is 14.2. The van der Waals surface area contributed by atoms with E-state index in [0.717, 1.165) is 24.4 Å². The molecular weight excluding hydrogens is 323 g/mol. The third-order valence-corrected chi connectivity index (χ3v) is 3.56. The van der Waals surface area contributed by atoms with E-state index >= 15 is 0 Å². The van der Waals surface area contributed by atoms with Gasteiger partial charge < -0.3 is 10.1 Å². The molecule has 0 aliphatic rings. The Hall–Kier alpha value is -3.09. The smallest absolute Gasteiger partial charge is 0.341 e. The maximum Gasteiger partial charge on any atom is 0.341 e. The fourth-order valence-electron chi connectivity index (χ4n) is 2.55. The Balaban J connectivity index is 2.14. The van der Waals surface area contributed by atoms with Crippen LogP contribution in [0.25, 0.3) is 10.9 Å². The minimum absolute atomic E-state index is 0.0156. The van der Waals surface area contributed by atoms with Crippen molar-refractivity contribution in [2.24, 2.45) is 0 Å². The minimum Gasteiger partial charge on any atom is -0.477 e. The summed E-state index contributed by atoms with van der Waals surface area (Å²) in [5.41, 5.74) is -0.924. The van der Waals surface area contributed by atoms with E-state index in [9.17, 15) is 22.8 Å². The Morgan fingerprint density at radius 2 is 1.62 bits per heavy atom. The molecule has 0 fully saturated rings. The van der Waals surface area contributed by atoms with Gasteiger partial charge in [0.2, 0.25) is 5.43 Å². The lowest BCUT2D eigenvalue weighted by Gasteiger charge is -2.07. The molecule has 0 radical (unpaired) electrons. The lowest BCUT2D eigenvalue weighted by molar-refractivity contribution is 0.0695. The Morgan fingerprint density at radius 1 is 1.00 bits per heavy atom. The summed E-state index contributed by atoms with van der Waals surface area (Å²) in [5, 5.41) is 8.83. The number of aromatic carboxylic acids is 1. The number of fused-ring (bicyclic) bond motifs is 1. The molecule has 0 bridgehead atoms. The van der Waals surface area contributed by atoms with Crippen molar-refractivity contribution in [3.8, 4) is 0 Å². The second-order valence-corrected chi connectivity index (χ2v) is 5.29. The van der Waals surface area contributed by atoms with Crippen LogP contribution in [0.3, 0.4) is 0 Å². The molecule has 0 saturated heterocycles. The molecule has 0 saturated carbocycles. The molecule has 122 valence electrons. The van der Waals surface area contributed by atoms with E-state index in [-0.39, 0.29) is 28.5 Å². The van der Waals surface area contributed by atoms with Gasteiger partial charge in [-0.1, -0.05) is 0 Å². The van der Waals surface area contributed by atoms with Gasteiger partial charge >= 0.3 is 5.97 Å². The third-order valence-electron chi connectivity index (χ3n) is 3.56. The number of carboxylic acids is 1. The van der Waals surface area contributed by atoms with E-state index in [1.54, 1.807) is 0 Å². The molecule has 0 unspecified atom stereocenters. The molecule has 24 heavy (non-hydrogen) atoms. The van der Waals surface area contributed by atoms with Crippen molar-refractivity contribution in [2.45, 2.75) is 6.42 Å². The molecule has 2 aromatic carbocycles. The van der Waals surface area contributed by atoms with Crippen molar-refractivity contribution in [1.82, 2.24) is 4.98 Å². The lowest BCUT2D eigenvalue weighted by atomic mass is 10.0. The van der Waals surface area contributed by atoms with Gasteiger partial charge in [0.1, 0.15) is 23.0 Å². The standard InChI is InChI=1S/C17H10F3NO3/c18-10-2-8(3-11(19)6-10)1-9-4-12-15(14(20)5-9)21-7-13(16(12)22)17(23)24/h2-7H,1H2,(H,21,22)(H,23,24). The zero-order valence-electron chi connectivity index (χ0n) is 12.1. The number of nitrogens with one attached hydrogen (secondary N) is 1. The summed E-state index contributed by atoms with van der Waals surface area (Å²) in [6.07, 6.45) is 0.913. The first-order chi connectivity index (χ1) is 11.3. The molecule has 0 aliphatic carbocycles. The number of rotatable bonds is 3. The molecule has 3 rings (SSSR count). The number of pyridine rings is 1. The molecular formula is C17H10F3NO3. The molecule has 0 atom stereocenters. The fourth-order valence-corrected chi connectivity index (χ4v) is 2.55. The van der Waals surface area contributed by atoms with Crippen LogP contribution < -0.4 is 5.43 Å².